The zero-order chi connectivity index (χ0) is 42.5. The molecule has 0 saturated carbocycles. The van der Waals surface area contributed by atoms with Crippen molar-refractivity contribution in [3.8, 4) is 11.5 Å². The standard InChI is InChI=1S/C35H48F6N12O5/c36-34(37,38)19-13-23(50-27(54)5-1-3-9-48-31(42)43)29(57-21-7-11-46-17-21)25(15-19)52-33(56)53-26-16-20(35(39,40)41)14-24(30(26)58-22-8-12-47-18-22)51-28(55)6-2-4-10-49-32(44)45/h13-16,21-22,46-47H,1-12,17-18H2,(H,50,54)(H,51,55)(H4,42,43,48)(H4,44,45,49)(H2,52,53,56). The predicted octanol–water partition coefficient (Wildman–Crippen LogP) is 3.61. The quantitative estimate of drug-likeness (QED) is 0.0449. The summed E-state index contributed by atoms with van der Waals surface area (Å²) in [5.41, 5.74) is 16.7. The molecule has 0 radical (unpaired) electrons. The van der Waals surface area contributed by atoms with Gasteiger partial charge in [-0.3, -0.25) is 19.6 Å². The first kappa shape index (κ1) is 45.0. The number of guanidine groups is 2. The van der Waals surface area contributed by atoms with E-state index < -0.39 is 76.3 Å². The minimum Gasteiger partial charge on any atom is -0.485 e. The van der Waals surface area contributed by atoms with E-state index in [1.807, 2.05) is 0 Å². The smallest absolute Gasteiger partial charge is 0.416 e. The van der Waals surface area contributed by atoms with Gasteiger partial charge in [0.1, 0.15) is 12.2 Å². The molecule has 14 N–H and O–H groups in total. The van der Waals surface area contributed by atoms with Crippen LogP contribution in [0.15, 0.2) is 34.3 Å². The number of hydrogen-bond donors (Lipinski definition) is 10. The maximum absolute atomic E-state index is 14.3. The highest BCUT2D eigenvalue weighted by Crippen LogP contribution is 2.44. The number of unbranched alkanes of at least 4 members (excludes halogenated alkanes) is 2. The normalized spacial score (nSPS) is 16.6. The van der Waals surface area contributed by atoms with Gasteiger partial charge in [-0.2, -0.15) is 26.3 Å². The number of urea groups is 1. The number of hydrogen-bond acceptors (Lipinski definition) is 9. The van der Waals surface area contributed by atoms with Crippen molar-refractivity contribution in [2.75, 3.05) is 60.5 Å². The van der Waals surface area contributed by atoms with Crippen LogP contribution in [0, 0.1) is 0 Å². The van der Waals surface area contributed by atoms with Gasteiger partial charge in [-0.25, -0.2) is 4.79 Å². The number of ether oxygens (including phenoxy) is 2. The molecule has 0 aliphatic carbocycles. The summed E-state index contributed by atoms with van der Waals surface area (Å²) in [6.07, 6.45) is -9.20. The van der Waals surface area contributed by atoms with E-state index in [4.69, 9.17) is 32.4 Å². The first-order valence-corrected chi connectivity index (χ1v) is 18.4. The molecule has 2 unspecified atom stereocenters. The minimum atomic E-state index is -4.98. The molecule has 58 heavy (non-hydrogen) atoms. The van der Waals surface area contributed by atoms with Gasteiger partial charge < -0.3 is 64.3 Å². The highest BCUT2D eigenvalue weighted by Gasteiger charge is 2.36. The van der Waals surface area contributed by atoms with Crippen LogP contribution in [0.5, 0.6) is 11.5 Å². The predicted molar refractivity (Wildman–Crippen MR) is 206 cm³/mol. The average Bonchev–Trinajstić information content (AvgIpc) is 3.84. The number of halogens is 6. The molecule has 23 heteroatoms. The second kappa shape index (κ2) is 20.6. The Hall–Kier alpha value is -5.71. The van der Waals surface area contributed by atoms with Gasteiger partial charge in [0.2, 0.25) is 11.8 Å². The lowest BCUT2D eigenvalue weighted by Crippen LogP contribution is -2.26. The summed E-state index contributed by atoms with van der Waals surface area (Å²) < 4.78 is 97.6. The third-order valence-electron chi connectivity index (χ3n) is 8.69. The van der Waals surface area contributed by atoms with Crippen LogP contribution in [-0.2, 0) is 21.9 Å². The van der Waals surface area contributed by atoms with E-state index in [1.54, 1.807) is 0 Å². The molecule has 2 heterocycles. The Kier molecular flexibility index (Phi) is 16.0. The van der Waals surface area contributed by atoms with Crippen LogP contribution in [0.25, 0.3) is 0 Å². The summed E-state index contributed by atoms with van der Waals surface area (Å²) in [5.74, 6) is -2.28. The molecule has 2 saturated heterocycles. The number of alkyl halides is 6. The van der Waals surface area contributed by atoms with E-state index in [-0.39, 0.29) is 75.3 Å². The van der Waals surface area contributed by atoms with Crippen LogP contribution in [0.3, 0.4) is 0 Å². The molecule has 2 atom stereocenters. The maximum Gasteiger partial charge on any atom is 0.416 e. The van der Waals surface area contributed by atoms with Crippen molar-refractivity contribution in [2.45, 2.75) is 75.9 Å². The van der Waals surface area contributed by atoms with E-state index >= 15 is 0 Å². The number of amides is 4. The highest BCUT2D eigenvalue weighted by molar-refractivity contribution is 6.05. The number of aliphatic imine (C=N–C) groups is 2. The van der Waals surface area contributed by atoms with Crippen molar-refractivity contribution < 1.29 is 50.2 Å². The number of carbonyl (C=O) groups excluding carboxylic acids is 3. The van der Waals surface area contributed by atoms with Crippen molar-refractivity contribution in [1.29, 1.82) is 0 Å². The fraction of sp³-hybridized carbons (Fsp3) is 0.514. The molecule has 2 aliphatic heterocycles. The summed E-state index contributed by atoms with van der Waals surface area (Å²) in [7, 11) is 0. The average molecular weight is 831 g/mol. The lowest BCUT2D eigenvalue weighted by Gasteiger charge is -2.24. The molecule has 2 fully saturated rings. The summed E-state index contributed by atoms with van der Waals surface area (Å²) in [6.45, 7) is 2.04. The van der Waals surface area contributed by atoms with Crippen LogP contribution in [-0.4, -0.2) is 81.2 Å². The Morgan fingerprint density at radius 3 is 1.29 bits per heavy atom. The summed E-state index contributed by atoms with van der Waals surface area (Å²) in [4.78, 5) is 47.2. The first-order chi connectivity index (χ1) is 27.4. The van der Waals surface area contributed by atoms with Crippen molar-refractivity contribution in [3.05, 3.63) is 35.4 Å². The van der Waals surface area contributed by atoms with Crippen LogP contribution in [0.1, 0.15) is 62.5 Å². The number of nitrogens with two attached hydrogens (primary N) is 4. The van der Waals surface area contributed by atoms with Gasteiger partial charge in [-0.15, -0.1) is 0 Å². The third-order valence-corrected chi connectivity index (χ3v) is 8.69. The fourth-order valence-corrected chi connectivity index (χ4v) is 5.91. The van der Waals surface area contributed by atoms with E-state index in [0.29, 0.717) is 63.0 Å². The van der Waals surface area contributed by atoms with Gasteiger partial charge >= 0.3 is 18.4 Å². The molecule has 0 aromatic heterocycles. The van der Waals surface area contributed by atoms with Crippen LogP contribution >= 0.6 is 0 Å². The van der Waals surface area contributed by atoms with Gasteiger partial charge in [-0.05, 0) is 75.9 Å². The molecule has 17 nitrogen and oxygen atoms in total. The van der Waals surface area contributed by atoms with Crippen molar-refractivity contribution in [2.24, 2.45) is 32.9 Å². The Morgan fingerprint density at radius 1 is 0.621 bits per heavy atom. The topological polar surface area (TPSA) is 271 Å². The Bertz CT molecular complexity index is 1680. The minimum absolute atomic E-state index is 0.129. The number of benzene rings is 2. The number of rotatable bonds is 18. The van der Waals surface area contributed by atoms with Crippen LogP contribution < -0.4 is 64.3 Å². The largest absolute Gasteiger partial charge is 0.485 e. The molecule has 0 spiro atoms. The summed E-state index contributed by atoms with van der Waals surface area (Å²) in [6, 6.07) is 1.17. The zero-order valence-electron chi connectivity index (χ0n) is 31.4. The SMILES string of the molecule is NC(N)=NCCCCC(=O)Nc1cc(C(F)(F)F)cc(NC(=O)Nc2cc(C(F)(F)F)cc(NC(=O)CCCCN=C(N)N)c2OC2CCNC2)c1OC1CCNC1. The molecule has 4 amide bonds. The highest BCUT2D eigenvalue weighted by atomic mass is 19.4. The van der Waals surface area contributed by atoms with E-state index in [2.05, 4.69) is 41.9 Å². The molecule has 2 aromatic rings. The van der Waals surface area contributed by atoms with E-state index in [0.717, 1.165) is 0 Å². The molecular formula is C35H48F6N12O5. The van der Waals surface area contributed by atoms with E-state index in [1.165, 1.54) is 0 Å². The monoisotopic (exact) mass is 830 g/mol. The van der Waals surface area contributed by atoms with Crippen LogP contribution in [0.4, 0.5) is 53.9 Å². The zero-order valence-corrected chi connectivity index (χ0v) is 31.4. The van der Waals surface area contributed by atoms with Crippen LogP contribution in [0.2, 0.25) is 0 Å². The third kappa shape index (κ3) is 14.3. The van der Waals surface area contributed by atoms with Gasteiger partial charge in [0.15, 0.2) is 23.4 Å². The lowest BCUT2D eigenvalue weighted by molar-refractivity contribution is -0.138. The molecule has 4 rings (SSSR count). The maximum atomic E-state index is 14.3. The van der Waals surface area contributed by atoms with Crippen molar-refractivity contribution >= 4 is 52.5 Å². The summed E-state index contributed by atoms with van der Waals surface area (Å²) >= 11 is 0. The molecular weight excluding hydrogens is 782 g/mol. The summed E-state index contributed by atoms with van der Waals surface area (Å²) in [5, 5.41) is 15.5. The lowest BCUT2D eigenvalue weighted by atomic mass is 10.1. The number of carbonyl (C=O) groups is 3. The van der Waals surface area contributed by atoms with E-state index in [9.17, 15) is 40.7 Å². The molecule has 0 bridgehead atoms. The van der Waals surface area contributed by atoms with Gasteiger partial charge in [0, 0.05) is 39.0 Å². The molecule has 320 valence electrons. The number of nitrogens with one attached hydrogen (secondary N) is 6. The number of nitrogens with zero attached hydrogens (tertiary/aromatic N) is 2. The Labute approximate surface area is 329 Å². The van der Waals surface area contributed by atoms with Gasteiger partial charge in [0.05, 0.1) is 33.9 Å². The second-order valence-electron chi connectivity index (χ2n) is 13.5. The fourth-order valence-electron chi connectivity index (χ4n) is 5.91. The molecule has 2 aliphatic rings. The van der Waals surface area contributed by atoms with Gasteiger partial charge in [0.25, 0.3) is 0 Å². The number of anilines is 4. The van der Waals surface area contributed by atoms with Crippen molar-refractivity contribution in [3.63, 3.8) is 0 Å². The molecule has 2 aromatic carbocycles. The first-order valence-electron chi connectivity index (χ1n) is 18.4. The van der Waals surface area contributed by atoms with Gasteiger partial charge in [-0.1, -0.05) is 0 Å². The Balaban J connectivity index is 1.69. The second-order valence-corrected chi connectivity index (χ2v) is 13.5. The Morgan fingerprint density at radius 2 is 0.983 bits per heavy atom. The van der Waals surface area contributed by atoms with Crippen molar-refractivity contribution in [1.82, 2.24) is 10.6 Å².